The number of aromatic nitrogens is 4. The van der Waals surface area contributed by atoms with E-state index >= 15 is 0 Å². The van der Waals surface area contributed by atoms with Gasteiger partial charge in [0.2, 0.25) is 0 Å². The van der Waals surface area contributed by atoms with Crippen molar-refractivity contribution in [2.75, 3.05) is 25.6 Å². The molecule has 0 unspecified atom stereocenters. The van der Waals surface area contributed by atoms with Crippen LogP contribution in [0.5, 0.6) is 0 Å². The van der Waals surface area contributed by atoms with Gasteiger partial charge in [-0.15, -0.1) is 22.7 Å². The molecule has 11 heteroatoms. The summed E-state index contributed by atoms with van der Waals surface area (Å²) >= 11 is 5.77. The lowest BCUT2D eigenvalue weighted by Gasteiger charge is -2.30. The molecule has 1 aliphatic rings. The SMILES string of the molecule is CC(C)(C)c1cc(N)n[nH]1.CN[C@@H]1CCCC[C@H]1NC.Cc1csc(-n2nc(C(C)(C)C)cc2N)c1.Cc1csc(I)c1. The lowest BCUT2D eigenvalue weighted by molar-refractivity contribution is 0.309. The molecule has 8 nitrogen and oxygen atoms in total. The van der Waals surface area contributed by atoms with Crippen LogP contribution in [0.2, 0.25) is 0 Å². The average molecular weight is 741 g/mol. The summed E-state index contributed by atoms with van der Waals surface area (Å²) in [5.41, 5.74) is 16.3. The Morgan fingerprint density at radius 3 is 1.72 bits per heavy atom. The number of rotatable bonds is 3. The van der Waals surface area contributed by atoms with Crippen molar-refractivity contribution in [2.45, 2.75) is 104 Å². The van der Waals surface area contributed by atoms with E-state index in [1.54, 1.807) is 22.7 Å². The molecular formula is C32H53IN8S2. The molecule has 4 aromatic heterocycles. The molecule has 240 valence electrons. The number of halogens is 1. The third-order valence-electron chi connectivity index (χ3n) is 7.04. The number of thiophene rings is 2. The topological polar surface area (TPSA) is 123 Å². The Morgan fingerprint density at radius 2 is 1.42 bits per heavy atom. The van der Waals surface area contributed by atoms with Crippen molar-refractivity contribution in [3.8, 4) is 5.00 Å². The zero-order valence-electron chi connectivity index (χ0n) is 27.6. The maximum atomic E-state index is 5.99. The van der Waals surface area contributed by atoms with Gasteiger partial charge in [-0.25, -0.2) is 4.68 Å². The number of nitrogens with two attached hydrogens (primary N) is 2. The number of anilines is 2. The second-order valence-electron chi connectivity index (χ2n) is 13.0. The first-order valence-corrected chi connectivity index (χ1v) is 17.7. The normalized spacial score (nSPS) is 16.7. The smallest absolute Gasteiger partial charge is 0.145 e. The number of hydrogen-bond donors (Lipinski definition) is 5. The van der Waals surface area contributed by atoms with Crippen LogP contribution in [0.3, 0.4) is 0 Å². The van der Waals surface area contributed by atoms with Crippen LogP contribution >= 0.6 is 45.3 Å². The highest BCUT2D eigenvalue weighted by atomic mass is 127. The monoisotopic (exact) mass is 740 g/mol. The first-order chi connectivity index (χ1) is 20.0. The molecule has 7 N–H and O–H groups in total. The van der Waals surface area contributed by atoms with Gasteiger partial charge >= 0.3 is 0 Å². The van der Waals surface area contributed by atoms with Gasteiger partial charge in [0, 0.05) is 40.7 Å². The van der Waals surface area contributed by atoms with E-state index in [9.17, 15) is 0 Å². The van der Waals surface area contributed by atoms with E-state index in [2.05, 4.69) is 141 Å². The molecule has 43 heavy (non-hydrogen) atoms. The number of nitrogen functional groups attached to an aromatic ring is 2. The molecule has 1 saturated carbocycles. The van der Waals surface area contributed by atoms with E-state index in [0.717, 1.165) is 16.4 Å². The Labute approximate surface area is 281 Å². The lowest BCUT2D eigenvalue weighted by atomic mass is 9.91. The van der Waals surface area contributed by atoms with Crippen molar-refractivity contribution in [3.05, 3.63) is 60.4 Å². The Bertz CT molecular complexity index is 1330. The summed E-state index contributed by atoms with van der Waals surface area (Å²) in [7, 11) is 4.11. The highest BCUT2D eigenvalue weighted by Gasteiger charge is 2.21. The van der Waals surface area contributed by atoms with Crippen molar-refractivity contribution in [1.82, 2.24) is 30.6 Å². The Kier molecular flexibility index (Phi) is 14.7. The van der Waals surface area contributed by atoms with Crippen LogP contribution in [-0.4, -0.2) is 46.2 Å². The summed E-state index contributed by atoms with van der Waals surface area (Å²) in [6.45, 7) is 16.9. The van der Waals surface area contributed by atoms with Gasteiger partial charge in [-0.2, -0.15) is 10.2 Å². The van der Waals surface area contributed by atoms with E-state index in [4.69, 9.17) is 11.5 Å². The standard InChI is InChI=1S/C12H17N3S.C8H18N2.C7H13N3.C5H5IS/c1-8-5-11(16-7-8)15-10(13)6-9(14-15)12(2,3)4;1-9-7-5-3-4-6-8(7)10-2;1-7(2,3)5-4-6(8)10-9-5;1-4-2-5(6)7-3-4/h5-7H,13H2,1-4H3;7-10H,3-6H2,1-2H3;4H,1-3H3,(H3,8,9,10);2-3H,1H3/t;7-,8-;;/m.1../s1. The minimum absolute atomic E-state index is 0.0334. The molecular weight excluding hydrogens is 687 g/mol. The van der Waals surface area contributed by atoms with Gasteiger partial charge in [-0.3, -0.25) is 5.10 Å². The van der Waals surface area contributed by atoms with Gasteiger partial charge in [-0.1, -0.05) is 54.4 Å². The highest BCUT2D eigenvalue weighted by Crippen LogP contribution is 2.27. The number of hydrogen-bond acceptors (Lipinski definition) is 8. The maximum absolute atomic E-state index is 5.99. The molecule has 1 aliphatic carbocycles. The van der Waals surface area contributed by atoms with Crippen LogP contribution in [0, 0.1) is 16.7 Å². The predicted octanol–water partition coefficient (Wildman–Crippen LogP) is 7.81. The van der Waals surface area contributed by atoms with Gasteiger partial charge < -0.3 is 22.1 Å². The molecule has 0 saturated heterocycles. The Balaban J connectivity index is 0.000000210. The van der Waals surface area contributed by atoms with E-state index < -0.39 is 0 Å². The van der Waals surface area contributed by atoms with Crippen molar-refractivity contribution in [3.63, 3.8) is 0 Å². The highest BCUT2D eigenvalue weighted by molar-refractivity contribution is 14.1. The minimum atomic E-state index is 0.0334. The quantitative estimate of drug-likeness (QED) is 0.137. The molecule has 0 amide bonds. The van der Waals surface area contributed by atoms with Crippen LogP contribution in [0.25, 0.3) is 5.00 Å². The van der Waals surface area contributed by atoms with E-state index in [-0.39, 0.29) is 10.8 Å². The van der Waals surface area contributed by atoms with Crippen LogP contribution in [0.1, 0.15) is 89.7 Å². The maximum Gasteiger partial charge on any atom is 0.145 e. The van der Waals surface area contributed by atoms with Crippen LogP contribution in [-0.2, 0) is 10.8 Å². The van der Waals surface area contributed by atoms with Crippen molar-refractivity contribution in [2.24, 2.45) is 0 Å². The van der Waals surface area contributed by atoms with E-state index in [0.29, 0.717) is 23.7 Å². The molecule has 2 atom stereocenters. The minimum Gasteiger partial charge on any atom is -0.384 e. The molecule has 1 fully saturated rings. The molecule has 0 radical (unpaired) electrons. The van der Waals surface area contributed by atoms with Crippen molar-refractivity contribution in [1.29, 1.82) is 0 Å². The molecule has 4 aromatic rings. The molecule has 0 spiro atoms. The Morgan fingerprint density at radius 1 is 0.860 bits per heavy atom. The molecule has 5 rings (SSSR count). The lowest BCUT2D eigenvalue weighted by Crippen LogP contribution is -2.47. The predicted molar refractivity (Wildman–Crippen MR) is 197 cm³/mol. The van der Waals surface area contributed by atoms with Crippen molar-refractivity contribution < 1.29 is 0 Å². The fourth-order valence-electron chi connectivity index (χ4n) is 4.41. The number of H-pyrrole nitrogens is 1. The van der Waals surface area contributed by atoms with Crippen LogP contribution < -0.4 is 22.1 Å². The van der Waals surface area contributed by atoms with Crippen LogP contribution in [0.4, 0.5) is 11.6 Å². The number of aryl methyl sites for hydroxylation is 2. The molecule has 4 heterocycles. The Hall–Kier alpha value is -1.93. The van der Waals surface area contributed by atoms with Gasteiger partial charge in [0.05, 0.1) is 8.58 Å². The third kappa shape index (κ3) is 12.5. The fraction of sp³-hybridized carbons (Fsp3) is 0.562. The largest absolute Gasteiger partial charge is 0.384 e. The van der Waals surface area contributed by atoms with Gasteiger partial charge in [0.25, 0.3) is 0 Å². The van der Waals surface area contributed by atoms with Crippen LogP contribution in [0.15, 0.2) is 35.0 Å². The average Bonchev–Trinajstić information content (AvgIpc) is 3.73. The second kappa shape index (κ2) is 17.0. The summed E-state index contributed by atoms with van der Waals surface area (Å²) in [6.07, 6.45) is 5.46. The van der Waals surface area contributed by atoms with Gasteiger partial charge in [-0.05, 0) is 97.4 Å². The van der Waals surface area contributed by atoms with Gasteiger partial charge in [0.1, 0.15) is 16.6 Å². The first-order valence-electron chi connectivity index (χ1n) is 14.8. The van der Waals surface area contributed by atoms with E-state index in [1.807, 2.05) is 16.8 Å². The molecule has 0 aromatic carbocycles. The van der Waals surface area contributed by atoms with Crippen molar-refractivity contribution >= 4 is 56.9 Å². The van der Waals surface area contributed by atoms with Gasteiger partial charge in [0.15, 0.2) is 0 Å². The third-order valence-corrected chi connectivity index (χ3v) is 9.97. The van der Waals surface area contributed by atoms with E-state index in [1.165, 1.54) is 39.7 Å². The number of likely N-dealkylation sites (N-methyl/N-ethyl adjacent to an activating group) is 2. The summed E-state index contributed by atoms with van der Waals surface area (Å²) in [5.74, 6) is 1.26. The molecule has 0 bridgehead atoms. The second-order valence-corrected chi connectivity index (χ2v) is 16.7. The zero-order valence-corrected chi connectivity index (χ0v) is 31.4. The molecule has 0 aliphatic heterocycles. The zero-order chi connectivity index (χ0) is 32.4. The number of aromatic amines is 1. The summed E-state index contributed by atoms with van der Waals surface area (Å²) in [5, 5.41) is 23.3. The number of nitrogens with one attached hydrogen (secondary N) is 3. The summed E-state index contributed by atoms with van der Waals surface area (Å²) < 4.78 is 3.19. The fourth-order valence-corrected chi connectivity index (χ4v) is 6.77. The first kappa shape index (κ1) is 37.3. The summed E-state index contributed by atoms with van der Waals surface area (Å²) in [4.78, 5) is 0. The number of nitrogens with zero attached hydrogens (tertiary/aromatic N) is 3. The summed E-state index contributed by atoms with van der Waals surface area (Å²) in [6, 6.07) is 9.50.